The van der Waals surface area contributed by atoms with Crippen LogP contribution in [0.1, 0.15) is 25.3 Å². The molecule has 0 bridgehead atoms. The monoisotopic (exact) mass is 194 g/mol. The lowest BCUT2D eigenvalue weighted by Gasteiger charge is -2.28. The molecule has 0 saturated heterocycles. The number of hydrogen-bond acceptors (Lipinski definition) is 2. The van der Waals surface area contributed by atoms with Crippen molar-refractivity contribution >= 4 is 0 Å². The predicted molar refractivity (Wildman–Crippen MR) is 57.2 cm³/mol. The van der Waals surface area contributed by atoms with Crippen molar-refractivity contribution in [2.75, 3.05) is 13.2 Å². The van der Waals surface area contributed by atoms with Gasteiger partial charge in [0.15, 0.2) is 0 Å². The summed E-state index contributed by atoms with van der Waals surface area (Å²) in [5.74, 6) is 0. The topological polar surface area (TPSA) is 40.5 Å². The molecule has 1 aromatic rings. The number of hydrogen-bond donors (Lipinski definition) is 2. The van der Waals surface area contributed by atoms with Gasteiger partial charge >= 0.3 is 0 Å². The number of aliphatic hydroxyl groups excluding tert-OH is 2. The summed E-state index contributed by atoms with van der Waals surface area (Å²) < 4.78 is 0. The van der Waals surface area contributed by atoms with Gasteiger partial charge in [-0.15, -0.1) is 0 Å². The van der Waals surface area contributed by atoms with Crippen molar-refractivity contribution in [2.45, 2.75) is 25.2 Å². The molecule has 1 aromatic carbocycles. The van der Waals surface area contributed by atoms with Crippen LogP contribution in [0.25, 0.3) is 0 Å². The smallest absolute Gasteiger partial charge is 0.0439 e. The molecule has 0 fully saturated rings. The molecular weight excluding hydrogens is 176 g/mol. The molecule has 2 heteroatoms. The van der Waals surface area contributed by atoms with Gasteiger partial charge in [0.2, 0.25) is 0 Å². The van der Waals surface area contributed by atoms with Gasteiger partial charge in [-0.3, -0.25) is 0 Å². The maximum atomic E-state index is 9.01. The highest BCUT2D eigenvalue weighted by Gasteiger charge is 2.24. The minimum Gasteiger partial charge on any atom is -0.396 e. The molecule has 78 valence electrons. The third-order valence-electron chi connectivity index (χ3n) is 2.80. The average molecular weight is 194 g/mol. The van der Waals surface area contributed by atoms with Crippen molar-refractivity contribution in [1.29, 1.82) is 0 Å². The maximum absolute atomic E-state index is 9.01. The molecule has 0 aliphatic carbocycles. The fraction of sp³-hybridized carbons (Fsp3) is 0.500. The molecule has 14 heavy (non-hydrogen) atoms. The molecule has 0 spiro atoms. The van der Waals surface area contributed by atoms with Gasteiger partial charge in [-0.25, -0.2) is 0 Å². The van der Waals surface area contributed by atoms with Gasteiger partial charge in [0.1, 0.15) is 0 Å². The Morgan fingerprint density at radius 2 is 1.50 bits per heavy atom. The molecule has 0 radical (unpaired) electrons. The zero-order valence-electron chi connectivity index (χ0n) is 8.61. The first kappa shape index (κ1) is 11.2. The van der Waals surface area contributed by atoms with Crippen molar-refractivity contribution in [2.24, 2.45) is 0 Å². The maximum Gasteiger partial charge on any atom is 0.0439 e. The summed E-state index contributed by atoms with van der Waals surface area (Å²) >= 11 is 0. The fourth-order valence-electron chi connectivity index (χ4n) is 1.75. The Balaban J connectivity index is 2.87. The molecule has 2 N–H and O–H groups in total. The van der Waals surface area contributed by atoms with Gasteiger partial charge in [-0.2, -0.15) is 0 Å². The Morgan fingerprint density at radius 3 is 1.93 bits per heavy atom. The van der Waals surface area contributed by atoms with Crippen LogP contribution in [0.5, 0.6) is 0 Å². The van der Waals surface area contributed by atoms with Gasteiger partial charge in [-0.05, 0) is 23.8 Å². The van der Waals surface area contributed by atoms with Crippen molar-refractivity contribution < 1.29 is 10.2 Å². The quantitative estimate of drug-likeness (QED) is 0.749. The minimum absolute atomic E-state index is 0.106. The first-order valence-electron chi connectivity index (χ1n) is 5.00. The second-order valence-corrected chi connectivity index (χ2v) is 3.87. The van der Waals surface area contributed by atoms with E-state index in [4.69, 9.17) is 10.2 Å². The van der Waals surface area contributed by atoms with E-state index in [0.717, 1.165) is 0 Å². The van der Waals surface area contributed by atoms with Crippen LogP contribution in [0, 0.1) is 0 Å². The predicted octanol–water partition coefficient (Wildman–Crippen LogP) is 1.71. The number of rotatable bonds is 5. The fourth-order valence-corrected chi connectivity index (χ4v) is 1.75. The van der Waals surface area contributed by atoms with Gasteiger partial charge in [0.05, 0.1) is 0 Å². The summed E-state index contributed by atoms with van der Waals surface area (Å²) in [6.45, 7) is 2.39. The molecule has 0 atom stereocenters. The van der Waals surface area contributed by atoms with E-state index >= 15 is 0 Å². The molecule has 0 aliphatic heterocycles. The standard InChI is InChI=1S/C12H18O2/c1-12(7-9-13,8-10-14)11-5-3-2-4-6-11/h2-6,13-14H,7-10H2,1H3. The van der Waals surface area contributed by atoms with E-state index in [2.05, 4.69) is 6.92 Å². The number of aliphatic hydroxyl groups is 2. The summed E-state index contributed by atoms with van der Waals surface area (Å²) in [7, 11) is 0. The Bertz CT molecular complexity index is 250. The van der Waals surface area contributed by atoms with Crippen LogP contribution in [0.15, 0.2) is 30.3 Å². The second-order valence-electron chi connectivity index (χ2n) is 3.87. The highest BCUT2D eigenvalue weighted by atomic mass is 16.3. The van der Waals surface area contributed by atoms with Crippen LogP contribution in [0.4, 0.5) is 0 Å². The molecule has 0 heterocycles. The molecule has 0 aliphatic rings. The van der Waals surface area contributed by atoms with Crippen LogP contribution >= 0.6 is 0 Å². The third kappa shape index (κ3) is 2.56. The van der Waals surface area contributed by atoms with Crippen LogP contribution in [-0.2, 0) is 5.41 Å². The Labute approximate surface area is 85.2 Å². The van der Waals surface area contributed by atoms with Crippen molar-refractivity contribution in [3.05, 3.63) is 35.9 Å². The summed E-state index contributed by atoms with van der Waals surface area (Å²) in [6.07, 6.45) is 1.38. The van der Waals surface area contributed by atoms with Crippen LogP contribution in [0.3, 0.4) is 0 Å². The zero-order chi connectivity index (χ0) is 10.4. The highest BCUT2D eigenvalue weighted by molar-refractivity contribution is 5.24. The minimum atomic E-state index is -0.106. The molecule has 0 unspecified atom stereocenters. The molecular formula is C12H18O2. The summed E-state index contributed by atoms with van der Waals surface area (Å²) in [5, 5.41) is 18.0. The lowest BCUT2D eigenvalue weighted by molar-refractivity contribution is 0.200. The van der Waals surface area contributed by atoms with Crippen LogP contribution < -0.4 is 0 Å². The zero-order valence-corrected chi connectivity index (χ0v) is 8.61. The van der Waals surface area contributed by atoms with E-state index in [1.807, 2.05) is 30.3 Å². The molecule has 0 amide bonds. The van der Waals surface area contributed by atoms with E-state index in [1.165, 1.54) is 5.56 Å². The summed E-state index contributed by atoms with van der Waals surface area (Å²) in [5.41, 5.74) is 1.08. The second kappa shape index (κ2) is 5.13. The first-order valence-corrected chi connectivity index (χ1v) is 5.00. The lowest BCUT2D eigenvalue weighted by Crippen LogP contribution is -2.24. The normalized spacial score (nSPS) is 11.6. The van der Waals surface area contributed by atoms with E-state index in [0.29, 0.717) is 12.8 Å². The van der Waals surface area contributed by atoms with Crippen molar-refractivity contribution in [3.8, 4) is 0 Å². The van der Waals surface area contributed by atoms with E-state index in [1.54, 1.807) is 0 Å². The molecule has 2 nitrogen and oxygen atoms in total. The highest BCUT2D eigenvalue weighted by Crippen LogP contribution is 2.30. The third-order valence-corrected chi connectivity index (χ3v) is 2.80. The van der Waals surface area contributed by atoms with Crippen molar-refractivity contribution in [1.82, 2.24) is 0 Å². The lowest BCUT2D eigenvalue weighted by atomic mass is 9.77. The summed E-state index contributed by atoms with van der Waals surface area (Å²) in [6, 6.07) is 10.0. The first-order chi connectivity index (χ1) is 6.73. The van der Waals surface area contributed by atoms with Gasteiger partial charge in [-0.1, -0.05) is 37.3 Å². The van der Waals surface area contributed by atoms with Gasteiger partial charge in [0, 0.05) is 13.2 Å². The van der Waals surface area contributed by atoms with E-state index in [-0.39, 0.29) is 18.6 Å². The Morgan fingerprint density at radius 1 is 1.00 bits per heavy atom. The Hall–Kier alpha value is -0.860. The average Bonchev–Trinajstić information content (AvgIpc) is 2.20. The van der Waals surface area contributed by atoms with Crippen molar-refractivity contribution in [3.63, 3.8) is 0 Å². The van der Waals surface area contributed by atoms with Gasteiger partial charge < -0.3 is 10.2 Å². The largest absolute Gasteiger partial charge is 0.396 e. The van der Waals surface area contributed by atoms with E-state index in [9.17, 15) is 0 Å². The number of benzene rings is 1. The van der Waals surface area contributed by atoms with E-state index < -0.39 is 0 Å². The molecule has 0 aromatic heterocycles. The SMILES string of the molecule is CC(CCO)(CCO)c1ccccc1. The molecule has 0 saturated carbocycles. The molecule has 1 rings (SSSR count). The summed E-state index contributed by atoms with van der Waals surface area (Å²) in [4.78, 5) is 0. The van der Waals surface area contributed by atoms with Gasteiger partial charge in [0.25, 0.3) is 0 Å². The van der Waals surface area contributed by atoms with Crippen LogP contribution in [-0.4, -0.2) is 23.4 Å². The Kier molecular flexibility index (Phi) is 4.11. The van der Waals surface area contributed by atoms with Crippen LogP contribution in [0.2, 0.25) is 0 Å².